The fraction of sp³-hybridized carbons (Fsp3) is 0.778. The predicted molar refractivity (Wildman–Crippen MR) is 41.1 cm³/mol. The van der Waals surface area contributed by atoms with E-state index in [1.807, 2.05) is 6.92 Å². The Morgan fingerprint density at radius 1 is 1.25 bits per heavy atom. The number of esters is 2. The average Bonchev–Trinajstić information content (AvgIpc) is 2.19. The second-order valence-electron chi connectivity index (χ2n) is 3.83. The van der Waals surface area contributed by atoms with E-state index in [-0.39, 0.29) is 23.8 Å². The smallest absolute Gasteiger partial charge is 0.316 e. The Balaban J connectivity index is 2.29. The van der Waals surface area contributed by atoms with Crippen molar-refractivity contribution < 1.29 is 14.3 Å². The van der Waals surface area contributed by atoms with Gasteiger partial charge >= 0.3 is 11.9 Å². The lowest BCUT2D eigenvalue weighted by Gasteiger charge is -2.24. The van der Waals surface area contributed by atoms with E-state index in [0.29, 0.717) is 5.92 Å². The maximum absolute atomic E-state index is 11.2. The van der Waals surface area contributed by atoms with Crippen molar-refractivity contribution in [2.24, 2.45) is 17.8 Å². The Hall–Kier alpha value is -0.860. The molecule has 2 heterocycles. The Bertz CT molecular complexity index is 234. The van der Waals surface area contributed by atoms with Crippen LogP contribution in [0.25, 0.3) is 0 Å². The lowest BCUT2D eigenvalue weighted by Crippen LogP contribution is -2.24. The molecule has 2 aliphatic heterocycles. The summed E-state index contributed by atoms with van der Waals surface area (Å²) in [6, 6.07) is 0. The summed E-state index contributed by atoms with van der Waals surface area (Å²) in [6.45, 7) is 2.02. The van der Waals surface area contributed by atoms with E-state index in [9.17, 15) is 9.59 Å². The molecule has 3 fully saturated rings. The first kappa shape index (κ1) is 7.77. The molecule has 3 atom stereocenters. The van der Waals surface area contributed by atoms with Gasteiger partial charge in [0.15, 0.2) is 0 Å². The van der Waals surface area contributed by atoms with Crippen LogP contribution in [0.5, 0.6) is 0 Å². The minimum absolute atomic E-state index is 0.0114. The molecule has 0 radical (unpaired) electrons. The summed E-state index contributed by atoms with van der Waals surface area (Å²) < 4.78 is 4.69. The van der Waals surface area contributed by atoms with E-state index in [0.717, 1.165) is 19.3 Å². The van der Waals surface area contributed by atoms with Gasteiger partial charge in [-0.25, -0.2) is 0 Å². The van der Waals surface area contributed by atoms with Crippen LogP contribution in [0.1, 0.15) is 26.2 Å². The fourth-order valence-corrected chi connectivity index (χ4v) is 2.22. The highest BCUT2D eigenvalue weighted by Gasteiger charge is 2.42. The van der Waals surface area contributed by atoms with Crippen LogP contribution in [0.4, 0.5) is 0 Å². The van der Waals surface area contributed by atoms with E-state index in [1.54, 1.807) is 0 Å². The first-order chi connectivity index (χ1) is 5.68. The largest absolute Gasteiger partial charge is 0.393 e. The molecule has 3 heteroatoms. The topological polar surface area (TPSA) is 43.4 Å². The number of carbonyl (C=O) groups excluding carboxylic acids is 2. The summed E-state index contributed by atoms with van der Waals surface area (Å²) in [6.07, 6.45) is 2.49. The molecule has 3 nitrogen and oxygen atoms in total. The first-order valence-electron chi connectivity index (χ1n) is 4.44. The van der Waals surface area contributed by atoms with Gasteiger partial charge in [-0.05, 0) is 25.2 Å². The summed E-state index contributed by atoms with van der Waals surface area (Å²) in [4.78, 5) is 22.4. The molecular weight excluding hydrogens is 156 g/mol. The zero-order chi connectivity index (χ0) is 8.72. The van der Waals surface area contributed by atoms with Crippen LogP contribution in [-0.4, -0.2) is 11.9 Å². The molecule has 1 saturated carbocycles. The summed E-state index contributed by atoms with van der Waals surface area (Å²) in [7, 11) is 0. The number of hydrogen-bond donors (Lipinski definition) is 0. The van der Waals surface area contributed by atoms with Gasteiger partial charge < -0.3 is 4.74 Å². The van der Waals surface area contributed by atoms with Gasteiger partial charge in [0.1, 0.15) is 0 Å². The van der Waals surface area contributed by atoms with Crippen LogP contribution >= 0.6 is 0 Å². The standard InChI is InChI=1S/C9H12O3/c1-5-4-6-2-3-7(5)9(11)12-8(6)10/h5-7H,2-4H2,1H3. The van der Waals surface area contributed by atoms with E-state index in [2.05, 4.69) is 0 Å². The van der Waals surface area contributed by atoms with Crippen LogP contribution in [0.3, 0.4) is 0 Å². The van der Waals surface area contributed by atoms with Crippen molar-refractivity contribution in [1.82, 2.24) is 0 Å². The SMILES string of the molecule is CC1CC2CCC1C(=O)OC2=O. The van der Waals surface area contributed by atoms with Crippen LogP contribution in [0, 0.1) is 17.8 Å². The summed E-state index contributed by atoms with van der Waals surface area (Å²) in [5.41, 5.74) is 0. The highest BCUT2D eigenvalue weighted by atomic mass is 16.6. The highest BCUT2D eigenvalue weighted by molar-refractivity contribution is 5.90. The van der Waals surface area contributed by atoms with Crippen molar-refractivity contribution in [2.45, 2.75) is 26.2 Å². The van der Waals surface area contributed by atoms with Gasteiger partial charge in [-0.3, -0.25) is 9.59 Å². The molecule has 0 aromatic rings. The predicted octanol–water partition coefficient (Wildman–Crippen LogP) is 1.12. The minimum atomic E-state index is -0.299. The summed E-state index contributed by atoms with van der Waals surface area (Å²) >= 11 is 0. The molecule has 0 N–H and O–H groups in total. The minimum Gasteiger partial charge on any atom is -0.393 e. The number of ether oxygens (including phenoxy) is 1. The molecule has 12 heavy (non-hydrogen) atoms. The second-order valence-corrected chi connectivity index (χ2v) is 3.83. The second kappa shape index (κ2) is 2.57. The molecule has 0 aromatic carbocycles. The van der Waals surface area contributed by atoms with Crippen LogP contribution in [0.2, 0.25) is 0 Å². The Kier molecular flexibility index (Phi) is 1.67. The third-order valence-electron chi connectivity index (χ3n) is 3.01. The van der Waals surface area contributed by atoms with Gasteiger partial charge in [0.05, 0.1) is 11.8 Å². The van der Waals surface area contributed by atoms with Crippen molar-refractivity contribution in [1.29, 1.82) is 0 Å². The molecule has 1 aliphatic carbocycles. The Labute approximate surface area is 71.1 Å². The van der Waals surface area contributed by atoms with E-state index >= 15 is 0 Å². The maximum Gasteiger partial charge on any atom is 0.316 e. The molecule has 66 valence electrons. The third-order valence-corrected chi connectivity index (χ3v) is 3.01. The molecule has 0 spiro atoms. The van der Waals surface area contributed by atoms with Gasteiger partial charge in [0.25, 0.3) is 0 Å². The third kappa shape index (κ3) is 1.04. The number of rotatable bonds is 0. The lowest BCUT2D eigenvalue weighted by atomic mass is 9.76. The Morgan fingerprint density at radius 2 is 2.00 bits per heavy atom. The van der Waals surface area contributed by atoms with Gasteiger partial charge in [-0.15, -0.1) is 0 Å². The average molecular weight is 168 g/mol. The number of carbonyl (C=O) groups is 2. The van der Waals surface area contributed by atoms with Gasteiger partial charge in [-0.2, -0.15) is 0 Å². The fourth-order valence-electron chi connectivity index (χ4n) is 2.22. The lowest BCUT2D eigenvalue weighted by molar-refractivity contribution is -0.161. The molecule has 0 aromatic heterocycles. The van der Waals surface area contributed by atoms with Crippen LogP contribution in [0.15, 0.2) is 0 Å². The van der Waals surface area contributed by atoms with E-state index < -0.39 is 0 Å². The van der Waals surface area contributed by atoms with Crippen LogP contribution in [-0.2, 0) is 14.3 Å². The zero-order valence-electron chi connectivity index (χ0n) is 7.08. The molecule has 0 amide bonds. The van der Waals surface area contributed by atoms with Gasteiger partial charge in [0.2, 0.25) is 0 Å². The molecule has 3 aliphatic rings. The molecule has 2 saturated heterocycles. The van der Waals surface area contributed by atoms with E-state index in [4.69, 9.17) is 4.74 Å². The zero-order valence-corrected chi connectivity index (χ0v) is 7.08. The maximum atomic E-state index is 11.2. The number of hydrogen-bond acceptors (Lipinski definition) is 3. The molecule has 2 bridgehead atoms. The molecular formula is C9H12O3. The molecule has 3 unspecified atom stereocenters. The highest BCUT2D eigenvalue weighted by Crippen LogP contribution is 2.38. The molecule has 3 rings (SSSR count). The van der Waals surface area contributed by atoms with Crippen LogP contribution < -0.4 is 0 Å². The quantitative estimate of drug-likeness (QED) is 0.402. The van der Waals surface area contributed by atoms with E-state index in [1.165, 1.54) is 0 Å². The first-order valence-corrected chi connectivity index (χ1v) is 4.44. The van der Waals surface area contributed by atoms with Gasteiger partial charge in [0, 0.05) is 0 Å². The van der Waals surface area contributed by atoms with Crippen molar-refractivity contribution in [3.63, 3.8) is 0 Å². The summed E-state index contributed by atoms with van der Waals surface area (Å²) in [5, 5.41) is 0. The number of fused-ring (bicyclic) bond motifs is 4. The normalized spacial score (nSPS) is 40.9. The Morgan fingerprint density at radius 3 is 2.67 bits per heavy atom. The summed E-state index contributed by atoms with van der Waals surface area (Å²) in [5.74, 6) is -0.308. The van der Waals surface area contributed by atoms with Crippen molar-refractivity contribution >= 4 is 11.9 Å². The monoisotopic (exact) mass is 168 g/mol. The van der Waals surface area contributed by atoms with Crippen molar-refractivity contribution in [3.05, 3.63) is 0 Å². The van der Waals surface area contributed by atoms with Crippen molar-refractivity contribution in [2.75, 3.05) is 0 Å². The van der Waals surface area contributed by atoms with Crippen molar-refractivity contribution in [3.8, 4) is 0 Å². The van der Waals surface area contributed by atoms with Gasteiger partial charge in [-0.1, -0.05) is 6.92 Å².